The van der Waals surface area contributed by atoms with Crippen LogP contribution in [0.3, 0.4) is 0 Å². The highest BCUT2D eigenvalue weighted by atomic mass is 16.5. The van der Waals surface area contributed by atoms with Gasteiger partial charge < -0.3 is 15.4 Å². The Bertz CT molecular complexity index is 942. The van der Waals surface area contributed by atoms with Crippen LogP contribution in [0.5, 0.6) is 0 Å². The third kappa shape index (κ3) is 4.70. The molecular formula is C21H19N3O3. The van der Waals surface area contributed by atoms with Crippen LogP contribution in [0.4, 0.5) is 11.4 Å². The fourth-order valence-corrected chi connectivity index (χ4v) is 2.54. The highest BCUT2D eigenvalue weighted by Gasteiger charge is 2.12. The second-order valence-electron chi connectivity index (χ2n) is 5.76. The van der Waals surface area contributed by atoms with Crippen LogP contribution in [0.15, 0.2) is 72.9 Å². The summed E-state index contributed by atoms with van der Waals surface area (Å²) in [5, 5.41) is 5.98. The van der Waals surface area contributed by atoms with Crippen LogP contribution in [-0.4, -0.2) is 24.0 Å². The first kappa shape index (κ1) is 18.1. The van der Waals surface area contributed by atoms with E-state index in [-0.39, 0.29) is 11.6 Å². The fourth-order valence-electron chi connectivity index (χ4n) is 2.54. The zero-order valence-electron chi connectivity index (χ0n) is 14.8. The number of para-hydroxylation sites is 1. The lowest BCUT2D eigenvalue weighted by Crippen LogP contribution is -2.23. The van der Waals surface area contributed by atoms with Gasteiger partial charge in [0, 0.05) is 18.4 Å². The number of anilines is 2. The summed E-state index contributed by atoms with van der Waals surface area (Å²) in [6.45, 7) is 0.421. The molecule has 0 bridgehead atoms. The number of benzene rings is 2. The minimum absolute atomic E-state index is 0.274. The highest BCUT2D eigenvalue weighted by Crippen LogP contribution is 2.21. The number of rotatable bonds is 6. The van der Waals surface area contributed by atoms with Crippen LogP contribution in [0.2, 0.25) is 0 Å². The Hall–Kier alpha value is -3.67. The van der Waals surface area contributed by atoms with Crippen molar-refractivity contribution in [1.29, 1.82) is 0 Å². The molecule has 2 N–H and O–H groups in total. The fraction of sp³-hybridized carbons (Fsp3) is 0.0952. The molecule has 0 radical (unpaired) electrons. The molecular weight excluding hydrogens is 342 g/mol. The van der Waals surface area contributed by atoms with E-state index in [1.807, 2.05) is 36.4 Å². The number of carbonyl (C=O) groups excluding carboxylic acids is 2. The van der Waals surface area contributed by atoms with Gasteiger partial charge in [0.2, 0.25) is 0 Å². The van der Waals surface area contributed by atoms with E-state index in [0.29, 0.717) is 23.5 Å². The highest BCUT2D eigenvalue weighted by molar-refractivity contribution is 5.97. The van der Waals surface area contributed by atoms with Gasteiger partial charge in [-0.25, -0.2) is 4.79 Å². The average molecular weight is 361 g/mol. The summed E-state index contributed by atoms with van der Waals surface area (Å²) >= 11 is 0. The van der Waals surface area contributed by atoms with Crippen molar-refractivity contribution in [3.8, 4) is 0 Å². The van der Waals surface area contributed by atoms with E-state index in [1.165, 1.54) is 7.11 Å². The molecule has 1 amide bonds. The number of pyridine rings is 1. The van der Waals surface area contributed by atoms with Gasteiger partial charge in [0.25, 0.3) is 5.91 Å². The third-order valence-electron chi connectivity index (χ3n) is 3.90. The van der Waals surface area contributed by atoms with Crippen molar-refractivity contribution in [2.45, 2.75) is 6.54 Å². The molecule has 27 heavy (non-hydrogen) atoms. The Balaban J connectivity index is 1.72. The second kappa shape index (κ2) is 8.62. The van der Waals surface area contributed by atoms with Crippen molar-refractivity contribution in [2.75, 3.05) is 12.4 Å². The Morgan fingerprint density at radius 1 is 1.00 bits per heavy atom. The molecule has 136 valence electrons. The van der Waals surface area contributed by atoms with Crippen LogP contribution in [0.1, 0.15) is 26.4 Å². The van der Waals surface area contributed by atoms with Gasteiger partial charge in [-0.05, 0) is 29.8 Å². The molecule has 3 aromatic rings. The molecule has 2 aromatic carbocycles. The number of ether oxygens (including phenoxy) is 1. The molecule has 1 aromatic heterocycles. The minimum atomic E-state index is -0.437. The van der Waals surface area contributed by atoms with Gasteiger partial charge in [-0.3, -0.25) is 9.78 Å². The normalized spacial score (nSPS) is 10.1. The lowest BCUT2D eigenvalue weighted by molar-refractivity contribution is 0.0601. The van der Waals surface area contributed by atoms with Crippen molar-refractivity contribution in [1.82, 2.24) is 10.3 Å². The number of carbonyl (C=O) groups is 2. The maximum absolute atomic E-state index is 12.4. The summed E-state index contributed by atoms with van der Waals surface area (Å²) in [6.07, 6.45) is 1.54. The van der Waals surface area contributed by atoms with Crippen molar-refractivity contribution in [2.24, 2.45) is 0 Å². The van der Waals surface area contributed by atoms with Crippen LogP contribution in [0, 0.1) is 0 Å². The van der Waals surface area contributed by atoms with Crippen LogP contribution >= 0.6 is 0 Å². The summed E-state index contributed by atoms with van der Waals surface area (Å²) in [6, 6.07) is 20.0. The van der Waals surface area contributed by atoms with E-state index in [0.717, 1.165) is 5.56 Å². The lowest BCUT2D eigenvalue weighted by atomic mass is 10.1. The molecule has 0 fully saturated rings. The second-order valence-corrected chi connectivity index (χ2v) is 5.76. The zero-order chi connectivity index (χ0) is 19.1. The molecule has 0 saturated carbocycles. The quantitative estimate of drug-likeness (QED) is 0.657. The summed E-state index contributed by atoms with van der Waals surface area (Å²) in [7, 11) is 1.33. The first-order valence-electron chi connectivity index (χ1n) is 8.40. The molecule has 0 saturated heterocycles. The number of nitrogens with zero attached hydrogens (tertiary/aromatic N) is 1. The molecule has 6 heteroatoms. The monoisotopic (exact) mass is 361 g/mol. The third-order valence-corrected chi connectivity index (χ3v) is 3.90. The van der Waals surface area contributed by atoms with Crippen molar-refractivity contribution in [3.63, 3.8) is 0 Å². The first-order chi connectivity index (χ1) is 13.2. The van der Waals surface area contributed by atoms with E-state index >= 15 is 0 Å². The van der Waals surface area contributed by atoms with Crippen LogP contribution in [0.25, 0.3) is 0 Å². The topological polar surface area (TPSA) is 80.3 Å². The Morgan fingerprint density at radius 3 is 2.52 bits per heavy atom. The summed E-state index contributed by atoms with van der Waals surface area (Å²) in [5.74, 6) is -0.711. The van der Waals surface area contributed by atoms with E-state index < -0.39 is 5.97 Å². The lowest BCUT2D eigenvalue weighted by Gasteiger charge is -2.11. The number of hydrogen-bond donors (Lipinski definition) is 2. The van der Waals surface area contributed by atoms with Crippen molar-refractivity contribution < 1.29 is 14.3 Å². The minimum Gasteiger partial charge on any atom is -0.465 e. The SMILES string of the molecule is COC(=O)c1ccccc1Nc1ccnc(C(=O)NCc2ccccc2)c1. The molecule has 0 atom stereocenters. The Kier molecular flexibility index (Phi) is 5.79. The zero-order valence-corrected chi connectivity index (χ0v) is 14.8. The Labute approximate surface area is 157 Å². The van der Waals surface area contributed by atoms with Crippen LogP contribution in [-0.2, 0) is 11.3 Å². The molecule has 0 aliphatic carbocycles. The predicted molar refractivity (Wildman–Crippen MR) is 103 cm³/mol. The first-order valence-corrected chi connectivity index (χ1v) is 8.40. The molecule has 0 spiro atoms. The predicted octanol–water partition coefficient (Wildman–Crippen LogP) is 3.54. The van der Waals surface area contributed by atoms with Gasteiger partial charge in [-0.2, -0.15) is 0 Å². The number of esters is 1. The molecule has 0 aliphatic heterocycles. The number of hydrogen-bond acceptors (Lipinski definition) is 5. The number of methoxy groups -OCH3 is 1. The van der Waals surface area contributed by atoms with Crippen molar-refractivity contribution >= 4 is 23.3 Å². The molecule has 0 unspecified atom stereocenters. The van der Waals surface area contributed by atoms with Gasteiger partial charge in [0.15, 0.2) is 0 Å². The van der Waals surface area contributed by atoms with Gasteiger partial charge in [-0.15, -0.1) is 0 Å². The Morgan fingerprint density at radius 2 is 1.74 bits per heavy atom. The van der Waals surface area contributed by atoms with E-state index in [1.54, 1.807) is 36.5 Å². The van der Waals surface area contributed by atoms with E-state index in [9.17, 15) is 9.59 Å². The smallest absolute Gasteiger partial charge is 0.339 e. The van der Waals surface area contributed by atoms with E-state index in [4.69, 9.17) is 4.74 Å². The van der Waals surface area contributed by atoms with Crippen LogP contribution < -0.4 is 10.6 Å². The van der Waals surface area contributed by atoms with Gasteiger partial charge in [-0.1, -0.05) is 42.5 Å². The largest absolute Gasteiger partial charge is 0.465 e. The molecule has 1 heterocycles. The summed E-state index contributed by atoms with van der Waals surface area (Å²) in [5.41, 5.74) is 2.93. The molecule has 0 aliphatic rings. The van der Waals surface area contributed by atoms with Gasteiger partial charge in [0.1, 0.15) is 5.69 Å². The number of aromatic nitrogens is 1. The molecule has 6 nitrogen and oxygen atoms in total. The maximum Gasteiger partial charge on any atom is 0.339 e. The molecule has 3 rings (SSSR count). The summed E-state index contributed by atoms with van der Waals surface area (Å²) < 4.78 is 4.80. The van der Waals surface area contributed by atoms with E-state index in [2.05, 4.69) is 15.6 Å². The van der Waals surface area contributed by atoms with Gasteiger partial charge in [0.05, 0.1) is 18.4 Å². The van der Waals surface area contributed by atoms with Gasteiger partial charge >= 0.3 is 5.97 Å². The maximum atomic E-state index is 12.4. The summed E-state index contributed by atoms with van der Waals surface area (Å²) in [4.78, 5) is 28.4. The average Bonchev–Trinajstić information content (AvgIpc) is 2.73. The standard InChI is InChI=1S/C21H19N3O3/c1-27-21(26)17-9-5-6-10-18(17)24-16-11-12-22-19(13-16)20(25)23-14-15-7-3-2-4-8-15/h2-13H,14H2,1H3,(H,22,24)(H,23,25). The number of nitrogens with one attached hydrogen (secondary N) is 2. The number of amides is 1. The van der Waals surface area contributed by atoms with Crippen molar-refractivity contribution in [3.05, 3.63) is 89.7 Å².